The molecule has 0 aliphatic rings. The molecular weight excluding hydrogens is 260 g/mol. The summed E-state index contributed by atoms with van der Waals surface area (Å²) in [6.45, 7) is 1.81. The largest absolute Gasteiger partial charge is 0.507 e. The fourth-order valence-corrected chi connectivity index (χ4v) is 1.90. The Morgan fingerprint density at radius 1 is 1.47 bits per heavy atom. The zero-order valence-corrected chi connectivity index (χ0v) is 9.58. The lowest BCUT2D eigenvalue weighted by Gasteiger charge is -2.07. The number of hydrogen-bond donors (Lipinski definition) is 2. The Labute approximate surface area is 94.8 Å². The molecule has 0 fully saturated rings. The Kier molecular flexibility index (Phi) is 2.40. The number of phenols is 1. The topological polar surface area (TPSA) is 72.3 Å². The first-order valence-electron chi connectivity index (χ1n) is 4.30. The van der Waals surface area contributed by atoms with E-state index >= 15 is 0 Å². The summed E-state index contributed by atoms with van der Waals surface area (Å²) in [5.41, 5.74) is 7.56. The summed E-state index contributed by atoms with van der Waals surface area (Å²) < 4.78 is 5.52. The summed E-state index contributed by atoms with van der Waals surface area (Å²) in [6, 6.07) is 3.66. The van der Waals surface area contributed by atoms with Gasteiger partial charge in [-0.2, -0.15) is 0 Å². The van der Waals surface area contributed by atoms with Gasteiger partial charge >= 0.3 is 0 Å². The lowest BCUT2D eigenvalue weighted by Crippen LogP contribution is -1.88. The Morgan fingerprint density at radius 3 is 2.80 bits per heavy atom. The van der Waals surface area contributed by atoms with E-state index in [0.29, 0.717) is 11.1 Å². The Morgan fingerprint density at radius 2 is 2.20 bits per heavy atom. The summed E-state index contributed by atoms with van der Waals surface area (Å²) >= 11 is 3.35. The molecule has 0 amide bonds. The number of hydrogen-bond acceptors (Lipinski definition) is 4. The summed E-state index contributed by atoms with van der Waals surface area (Å²) in [7, 11) is 0. The number of nitrogens with two attached hydrogens (primary N) is 1. The molecule has 0 atom stereocenters. The number of anilines is 1. The lowest BCUT2D eigenvalue weighted by molar-refractivity contribution is 0.436. The zero-order chi connectivity index (χ0) is 11.0. The van der Waals surface area contributed by atoms with Gasteiger partial charge in [-0.3, -0.25) is 0 Å². The van der Waals surface area contributed by atoms with Crippen molar-refractivity contribution >= 4 is 21.8 Å². The van der Waals surface area contributed by atoms with Gasteiger partial charge in [0.15, 0.2) is 0 Å². The van der Waals surface area contributed by atoms with E-state index in [4.69, 9.17) is 10.3 Å². The molecule has 5 heteroatoms. The van der Waals surface area contributed by atoms with Gasteiger partial charge in [0.25, 0.3) is 0 Å². The monoisotopic (exact) mass is 268 g/mol. The molecule has 0 saturated carbocycles. The maximum absolute atomic E-state index is 9.92. The van der Waals surface area contributed by atoms with Gasteiger partial charge in [0.05, 0.1) is 11.8 Å². The van der Waals surface area contributed by atoms with Gasteiger partial charge in [-0.25, -0.2) is 0 Å². The van der Waals surface area contributed by atoms with Crippen LogP contribution in [-0.2, 0) is 0 Å². The molecule has 0 spiro atoms. The highest BCUT2D eigenvalue weighted by Gasteiger charge is 2.16. The third-order valence-corrected chi connectivity index (χ3v) is 2.86. The predicted octanol–water partition coefficient (Wildman–Crippen LogP) is 2.70. The van der Waals surface area contributed by atoms with Gasteiger partial charge < -0.3 is 15.4 Å². The van der Waals surface area contributed by atoms with E-state index < -0.39 is 0 Å². The van der Waals surface area contributed by atoms with E-state index in [1.54, 1.807) is 0 Å². The number of phenolic OH excluding ortho intramolecular Hbond substituents is 1. The van der Waals surface area contributed by atoms with E-state index in [9.17, 15) is 5.11 Å². The first-order valence-corrected chi connectivity index (χ1v) is 5.09. The molecule has 78 valence electrons. The second kappa shape index (κ2) is 3.58. The molecule has 1 aromatic carbocycles. The van der Waals surface area contributed by atoms with Crippen molar-refractivity contribution < 1.29 is 9.63 Å². The number of aromatic hydroxyl groups is 1. The van der Waals surface area contributed by atoms with Gasteiger partial charge in [0.2, 0.25) is 5.88 Å². The maximum atomic E-state index is 9.92. The van der Waals surface area contributed by atoms with Crippen molar-refractivity contribution in [2.75, 3.05) is 5.73 Å². The Bertz CT molecular complexity index is 508. The molecule has 1 aromatic heterocycles. The predicted molar refractivity (Wildman–Crippen MR) is 60.5 cm³/mol. The average Bonchev–Trinajstić information content (AvgIpc) is 2.60. The Balaban J connectivity index is 2.72. The molecule has 0 aliphatic heterocycles. The van der Waals surface area contributed by atoms with Crippen molar-refractivity contribution in [2.24, 2.45) is 0 Å². The lowest BCUT2D eigenvalue weighted by atomic mass is 10.0. The van der Waals surface area contributed by atoms with Crippen LogP contribution in [-0.4, -0.2) is 10.3 Å². The fourth-order valence-electron chi connectivity index (χ4n) is 1.36. The number of aryl methyl sites for hydroxylation is 1. The molecule has 4 nitrogen and oxygen atoms in total. The van der Waals surface area contributed by atoms with E-state index in [1.807, 2.05) is 19.1 Å². The molecule has 0 radical (unpaired) electrons. The molecule has 1 heterocycles. The third kappa shape index (κ3) is 1.59. The number of nitrogen functional groups attached to an aromatic ring is 1. The number of rotatable bonds is 1. The Hall–Kier alpha value is -1.49. The smallest absolute Gasteiger partial charge is 0.230 e. The van der Waals surface area contributed by atoms with Crippen LogP contribution in [0.15, 0.2) is 27.3 Å². The molecule has 0 aliphatic carbocycles. The van der Waals surface area contributed by atoms with Crippen LogP contribution in [0.5, 0.6) is 5.75 Å². The van der Waals surface area contributed by atoms with Crippen LogP contribution >= 0.6 is 15.9 Å². The third-order valence-electron chi connectivity index (χ3n) is 2.20. The van der Waals surface area contributed by atoms with Gasteiger partial charge in [0, 0.05) is 10.0 Å². The van der Waals surface area contributed by atoms with Crippen molar-refractivity contribution in [1.82, 2.24) is 5.16 Å². The van der Waals surface area contributed by atoms with Crippen LogP contribution < -0.4 is 5.73 Å². The zero-order valence-electron chi connectivity index (χ0n) is 7.99. The summed E-state index contributed by atoms with van der Waals surface area (Å²) in [6.07, 6.45) is 1.48. The van der Waals surface area contributed by atoms with Crippen LogP contribution in [0.25, 0.3) is 11.1 Å². The highest BCUT2D eigenvalue weighted by Crippen LogP contribution is 2.40. The van der Waals surface area contributed by atoms with E-state index in [1.165, 1.54) is 6.20 Å². The van der Waals surface area contributed by atoms with Gasteiger partial charge in [-0.15, -0.1) is 0 Å². The van der Waals surface area contributed by atoms with Gasteiger partial charge in [-0.1, -0.05) is 27.2 Å². The SMILES string of the molecule is Cc1ccc(Br)c(-c2cnoc2N)c1O. The number of benzene rings is 1. The minimum Gasteiger partial charge on any atom is -0.507 e. The van der Waals surface area contributed by atoms with E-state index in [2.05, 4.69) is 21.1 Å². The van der Waals surface area contributed by atoms with Crippen LogP contribution in [0.1, 0.15) is 5.56 Å². The van der Waals surface area contributed by atoms with Crippen LogP contribution in [0.3, 0.4) is 0 Å². The van der Waals surface area contributed by atoms with Crippen LogP contribution in [0.4, 0.5) is 5.88 Å². The van der Waals surface area contributed by atoms with E-state index in [-0.39, 0.29) is 11.6 Å². The molecule has 15 heavy (non-hydrogen) atoms. The van der Waals surface area contributed by atoms with Crippen molar-refractivity contribution in [3.63, 3.8) is 0 Å². The van der Waals surface area contributed by atoms with Crippen LogP contribution in [0.2, 0.25) is 0 Å². The van der Waals surface area contributed by atoms with Crippen molar-refractivity contribution in [3.8, 4) is 16.9 Å². The quantitative estimate of drug-likeness (QED) is 0.834. The first-order chi connectivity index (χ1) is 7.11. The minimum absolute atomic E-state index is 0.180. The minimum atomic E-state index is 0.180. The molecule has 0 bridgehead atoms. The van der Waals surface area contributed by atoms with Crippen molar-refractivity contribution in [2.45, 2.75) is 6.92 Å². The van der Waals surface area contributed by atoms with Crippen LogP contribution in [0, 0.1) is 6.92 Å². The second-order valence-electron chi connectivity index (χ2n) is 3.19. The van der Waals surface area contributed by atoms with Crippen molar-refractivity contribution in [3.05, 3.63) is 28.4 Å². The molecule has 2 aromatic rings. The molecular formula is C10H9BrN2O2. The highest BCUT2D eigenvalue weighted by molar-refractivity contribution is 9.10. The maximum Gasteiger partial charge on any atom is 0.230 e. The summed E-state index contributed by atoms with van der Waals surface area (Å²) in [4.78, 5) is 0. The molecule has 3 N–H and O–H groups in total. The second-order valence-corrected chi connectivity index (χ2v) is 4.05. The van der Waals surface area contributed by atoms with Gasteiger partial charge in [0.1, 0.15) is 5.75 Å². The van der Waals surface area contributed by atoms with E-state index in [0.717, 1.165) is 10.0 Å². The van der Waals surface area contributed by atoms with Crippen molar-refractivity contribution in [1.29, 1.82) is 0 Å². The summed E-state index contributed by atoms with van der Waals surface area (Å²) in [5, 5.41) is 13.5. The number of halogens is 1. The summed E-state index contributed by atoms with van der Waals surface area (Å²) in [5.74, 6) is 0.371. The molecule has 0 saturated heterocycles. The highest BCUT2D eigenvalue weighted by atomic mass is 79.9. The number of nitrogens with zero attached hydrogens (tertiary/aromatic N) is 1. The molecule has 0 unspecified atom stereocenters. The number of aromatic nitrogens is 1. The normalized spacial score (nSPS) is 10.5. The standard InChI is InChI=1S/C10H9BrN2O2/c1-5-2-3-7(11)8(9(5)14)6-4-13-15-10(6)12/h2-4,14H,12H2,1H3. The molecule has 2 rings (SSSR count). The van der Waals surface area contributed by atoms with Gasteiger partial charge in [-0.05, 0) is 18.6 Å². The average molecular weight is 269 g/mol. The first kappa shape index (κ1) is 10.0. The fraction of sp³-hybridized carbons (Fsp3) is 0.100.